The van der Waals surface area contributed by atoms with E-state index in [0.29, 0.717) is 23.6 Å². The molecule has 0 aliphatic carbocycles. The third kappa shape index (κ3) is 3.53. The largest absolute Gasteiger partial charge is 0.493 e. The number of carbonyl (C=O) groups is 1. The maximum absolute atomic E-state index is 13.2. The fourth-order valence-electron chi connectivity index (χ4n) is 3.50. The van der Waals surface area contributed by atoms with Gasteiger partial charge in [-0.3, -0.25) is 9.89 Å². The summed E-state index contributed by atoms with van der Waals surface area (Å²) in [5.41, 5.74) is 2.47. The van der Waals surface area contributed by atoms with Crippen molar-refractivity contribution in [2.45, 2.75) is 25.4 Å². The number of rotatable bonds is 6. The average molecular weight is 358 g/mol. The molecular weight excluding hydrogens is 332 g/mol. The summed E-state index contributed by atoms with van der Waals surface area (Å²) in [6.45, 7) is 1.50. The fourth-order valence-corrected chi connectivity index (χ4v) is 3.50. The van der Waals surface area contributed by atoms with Gasteiger partial charge in [0.1, 0.15) is 0 Å². The maximum atomic E-state index is 13.2. The van der Waals surface area contributed by atoms with Gasteiger partial charge in [-0.15, -0.1) is 0 Å². The zero-order valence-corrected chi connectivity index (χ0v) is 15.8. The van der Waals surface area contributed by atoms with Gasteiger partial charge in [0, 0.05) is 18.8 Å². The normalized spacial score (nSPS) is 17.0. The number of methoxy groups -OCH3 is 2. The molecule has 3 rings (SSSR count). The Morgan fingerprint density at radius 3 is 2.85 bits per heavy atom. The minimum Gasteiger partial charge on any atom is -0.493 e. The van der Waals surface area contributed by atoms with E-state index >= 15 is 0 Å². The van der Waals surface area contributed by atoms with Crippen LogP contribution in [0.25, 0.3) is 0 Å². The lowest BCUT2D eigenvalue weighted by atomic mass is 10.1. The van der Waals surface area contributed by atoms with Crippen molar-refractivity contribution in [2.75, 3.05) is 34.9 Å². The molecule has 1 atom stereocenters. The Morgan fingerprint density at radius 2 is 2.15 bits per heavy atom. The Kier molecular flexibility index (Phi) is 5.46. The molecule has 7 heteroatoms. The van der Waals surface area contributed by atoms with Gasteiger partial charge in [-0.1, -0.05) is 6.07 Å². The van der Waals surface area contributed by atoms with E-state index in [1.165, 1.54) is 0 Å². The highest BCUT2D eigenvalue weighted by Gasteiger charge is 2.34. The van der Waals surface area contributed by atoms with Crippen LogP contribution in [0.3, 0.4) is 0 Å². The summed E-state index contributed by atoms with van der Waals surface area (Å²) >= 11 is 0. The highest BCUT2D eigenvalue weighted by molar-refractivity contribution is 5.98. The van der Waals surface area contributed by atoms with Crippen molar-refractivity contribution >= 4 is 5.91 Å². The van der Waals surface area contributed by atoms with Gasteiger partial charge in [-0.05, 0) is 45.1 Å². The van der Waals surface area contributed by atoms with Gasteiger partial charge in [-0.2, -0.15) is 5.10 Å². The Balaban J connectivity index is 1.86. The van der Waals surface area contributed by atoms with E-state index in [1.54, 1.807) is 26.4 Å². The van der Waals surface area contributed by atoms with Crippen LogP contribution in [-0.4, -0.2) is 60.8 Å². The number of hydrogen-bond donors (Lipinski definition) is 1. The SMILES string of the molecule is COc1cccc(C(=O)N2CCCC2c2cc(CN(C)C)[nH]n2)c1OC. The summed E-state index contributed by atoms with van der Waals surface area (Å²) in [6, 6.07) is 7.41. The van der Waals surface area contributed by atoms with Gasteiger partial charge >= 0.3 is 0 Å². The molecule has 0 bridgehead atoms. The molecule has 1 amide bonds. The van der Waals surface area contributed by atoms with Gasteiger partial charge in [0.25, 0.3) is 5.91 Å². The maximum Gasteiger partial charge on any atom is 0.258 e. The summed E-state index contributed by atoms with van der Waals surface area (Å²) in [5, 5.41) is 7.53. The van der Waals surface area contributed by atoms with Gasteiger partial charge in [-0.25, -0.2) is 0 Å². The van der Waals surface area contributed by atoms with E-state index in [1.807, 2.05) is 25.1 Å². The molecule has 1 unspecified atom stereocenters. The van der Waals surface area contributed by atoms with Crippen LogP contribution < -0.4 is 9.47 Å². The van der Waals surface area contributed by atoms with E-state index in [-0.39, 0.29) is 11.9 Å². The predicted octanol–water partition coefficient (Wildman–Crippen LogP) is 2.47. The lowest BCUT2D eigenvalue weighted by molar-refractivity contribution is 0.0729. The lowest BCUT2D eigenvalue weighted by Crippen LogP contribution is -2.31. The number of carbonyl (C=O) groups excluding carboxylic acids is 1. The molecule has 140 valence electrons. The molecule has 1 aromatic carbocycles. The smallest absolute Gasteiger partial charge is 0.258 e. The number of amides is 1. The van der Waals surface area contributed by atoms with E-state index < -0.39 is 0 Å². The number of ether oxygens (including phenoxy) is 2. The van der Waals surface area contributed by atoms with Crippen LogP contribution in [0, 0.1) is 0 Å². The second-order valence-corrected chi connectivity index (χ2v) is 6.75. The molecule has 1 aromatic heterocycles. The minimum absolute atomic E-state index is 0.0226. The van der Waals surface area contributed by atoms with E-state index in [4.69, 9.17) is 9.47 Å². The summed E-state index contributed by atoms with van der Waals surface area (Å²) in [7, 11) is 7.15. The number of hydrogen-bond acceptors (Lipinski definition) is 5. The molecule has 26 heavy (non-hydrogen) atoms. The van der Waals surface area contributed by atoms with Crippen molar-refractivity contribution in [3.8, 4) is 11.5 Å². The summed E-state index contributed by atoms with van der Waals surface area (Å²) < 4.78 is 10.8. The molecule has 0 saturated carbocycles. The molecule has 0 radical (unpaired) electrons. The molecule has 1 N–H and O–H groups in total. The minimum atomic E-state index is -0.0552. The van der Waals surface area contributed by atoms with Crippen molar-refractivity contribution in [1.82, 2.24) is 20.0 Å². The Hall–Kier alpha value is -2.54. The molecule has 1 fully saturated rings. The topological polar surface area (TPSA) is 70.7 Å². The third-order valence-electron chi connectivity index (χ3n) is 4.63. The molecule has 1 aliphatic rings. The zero-order chi connectivity index (χ0) is 18.7. The number of nitrogens with one attached hydrogen (secondary N) is 1. The first kappa shape index (κ1) is 18.3. The third-order valence-corrected chi connectivity index (χ3v) is 4.63. The van der Waals surface area contributed by atoms with Crippen molar-refractivity contribution in [3.05, 3.63) is 41.2 Å². The van der Waals surface area contributed by atoms with E-state index in [2.05, 4.69) is 21.2 Å². The Morgan fingerprint density at radius 1 is 1.35 bits per heavy atom. The number of H-pyrrole nitrogens is 1. The second-order valence-electron chi connectivity index (χ2n) is 6.75. The highest BCUT2D eigenvalue weighted by atomic mass is 16.5. The monoisotopic (exact) mass is 358 g/mol. The molecule has 2 aromatic rings. The molecule has 7 nitrogen and oxygen atoms in total. The number of nitrogens with zero attached hydrogens (tertiary/aromatic N) is 3. The molecule has 1 saturated heterocycles. The van der Waals surface area contributed by atoms with Gasteiger partial charge in [0.15, 0.2) is 11.5 Å². The number of para-hydroxylation sites is 1. The van der Waals surface area contributed by atoms with Crippen molar-refractivity contribution < 1.29 is 14.3 Å². The van der Waals surface area contributed by atoms with Gasteiger partial charge < -0.3 is 19.3 Å². The Bertz CT molecular complexity index is 772. The van der Waals surface area contributed by atoms with Gasteiger partial charge in [0.05, 0.1) is 31.5 Å². The number of benzene rings is 1. The van der Waals surface area contributed by atoms with E-state index in [9.17, 15) is 4.79 Å². The summed E-state index contributed by atoms with van der Waals surface area (Å²) in [4.78, 5) is 17.2. The van der Waals surface area contributed by atoms with Crippen molar-refractivity contribution in [1.29, 1.82) is 0 Å². The predicted molar refractivity (Wildman–Crippen MR) is 98.5 cm³/mol. The fraction of sp³-hybridized carbons (Fsp3) is 0.474. The number of aromatic nitrogens is 2. The molecule has 1 aliphatic heterocycles. The first-order chi connectivity index (χ1) is 12.5. The first-order valence-electron chi connectivity index (χ1n) is 8.76. The van der Waals surface area contributed by atoms with Crippen LogP contribution >= 0.6 is 0 Å². The molecular formula is C19H26N4O3. The lowest BCUT2D eigenvalue weighted by Gasteiger charge is -2.24. The first-order valence-corrected chi connectivity index (χ1v) is 8.76. The summed E-state index contributed by atoms with van der Waals surface area (Å²) in [6.07, 6.45) is 1.86. The van der Waals surface area contributed by atoms with E-state index in [0.717, 1.165) is 30.8 Å². The van der Waals surface area contributed by atoms with Crippen LogP contribution in [0.4, 0.5) is 0 Å². The van der Waals surface area contributed by atoms with Gasteiger partial charge in [0.2, 0.25) is 0 Å². The van der Waals surface area contributed by atoms with Crippen molar-refractivity contribution in [3.63, 3.8) is 0 Å². The van der Waals surface area contributed by atoms with Crippen molar-refractivity contribution in [2.24, 2.45) is 0 Å². The second kappa shape index (κ2) is 7.78. The number of likely N-dealkylation sites (tertiary alicyclic amines) is 1. The molecule has 2 heterocycles. The summed E-state index contributed by atoms with van der Waals surface area (Å²) in [5.74, 6) is 0.975. The van der Waals surface area contributed by atoms with Crippen LogP contribution in [0.1, 0.15) is 40.6 Å². The Labute approximate surface area is 153 Å². The zero-order valence-electron chi connectivity index (χ0n) is 15.8. The molecule has 0 spiro atoms. The standard InChI is InChI=1S/C19H26N4O3/c1-22(2)12-13-11-15(21-20-13)16-8-6-10-23(16)19(24)14-7-5-9-17(25-3)18(14)26-4/h5,7,9,11,16H,6,8,10,12H2,1-4H3,(H,20,21). The highest BCUT2D eigenvalue weighted by Crippen LogP contribution is 2.36. The quantitative estimate of drug-likeness (QED) is 0.859. The van der Waals surface area contributed by atoms with Crippen LogP contribution in [-0.2, 0) is 6.54 Å². The van der Waals surface area contributed by atoms with Crippen LogP contribution in [0.5, 0.6) is 11.5 Å². The van der Waals surface area contributed by atoms with Crippen LogP contribution in [0.2, 0.25) is 0 Å². The van der Waals surface area contributed by atoms with Crippen LogP contribution in [0.15, 0.2) is 24.3 Å². The number of aromatic amines is 1. The average Bonchev–Trinajstić information content (AvgIpc) is 3.28.